The van der Waals surface area contributed by atoms with Crippen LogP contribution in [0.25, 0.3) is 0 Å². The Balaban J connectivity index is 1.89. The lowest BCUT2D eigenvalue weighted by Crippen LogP contribution is -2.40. The van der Waals surface area contributed by atoms with E-state index in [2.05, 4.69) is 19.2 Å². The monoisotopic (exact) mass is 454 g/mol. The van der Waals surface area contributed by atoms with E-state index < -0.39 is 6.10 Å². The molecule has 0 bridgehead atoms. The Labute approximate surface area is 196 Å². The molecule has 0 aromatic heterocycles. The number of amides is 2. The SMILES string of the molecule is CCC(=O)N1CCc2ccc(O[C@H](CC)C(=O)NCCC(C)C)cc2[C@@H]1c1cccc(F)c1. The van der Waals surface area contributed by atoms with E-state index in [1.807, 2.05) is 43.0 Å². The molecule has 5 nitrogen and oxygen atoms in total. The van der Waals surface area contributed by atoms with Gasteiger partial charge in [-0.1, -0.05) is 45.9 Å². The first-order chi connectivity index (χ1) is 15.8. The van der Waals surface area contributed by atoms with Crippen molar-refractivity contribution in [2.24, 2.45) is 5.92 Å². The van der Waals surface area contributed by atoms with Gasteiger partial charge in [-0.3, -0.25) is 9.59 Å². The molecule has 2 aromatic rings. The summed E-state index contributed by atoms with van der Waals surface area (Å²) in [7, 11) is 0. The Bertz CT molecular complexity index is 976. The second kappa shape index (κ2) is 11.3. The maximum atomic E-state index is 14.1. The van der Waals surface area contributed by atoms with Crippen molar-refractivity contribution < 1.29 is 18.7 Å². The standard InChI is InChI=1S/C27H35FN2O3/c1-5-24(27(32)29-14-12-18(3)4)33-22-11-10-19-13-15-30(25(31)6-2)26(23(19)17-22)20-8-7-9-21(28)16-20/h7-11,16-18,24,26H,5-6,12-15H2,1-4H3,(H,29,32)/t24-,26+/m1/s1. The zero-order valence-corrected chi connectivity index (χ0v) is 20.1. The van der Waals surface area contributed by atoms with E-state index in [1.165, 1.54) is 12.1 Å². The molecule has 0 radical (unpaired) electrons. The van der Waals surface area contributed by atoms with E-state index >= 15 is 0 Å². The molecule has 6 heteroatoms. The Hall–Kier alpha value is -2.89. The number of benzene rings is 2. The quantitative estimate of drug-likeness (QED) is 0.578. The lowest BCUT2D eigenvalue weighted by molar-refractivity contribution is -0.133. The first-order valence-corrected chi connectivity index (χ1v) is 12.0. The van der Waals surface area contributed by atoms with Crippen LogP contribution in [-0.2, 0) is 16.0 Å². The number of hydrogen-bond donors (Lipinski definition) is 1. The summed E-state index contributed by atoms with van der Waals surface area (Å²) in [6, 6.07) is 11.8. The fraction of sp³-hybridized carbons (Fsp3) is 0.481. The molecule has 0 spiro atoms. The van der Waals surface area contributed by atoms with Gasteiger partial charge in [0.25, 0.3) is 5.91 Å². The molecule has 2 aromatic carbocycles. The Morgan fingerprint density at radius 1 is 1.18 bits per heavy atom. The van der Waals surface area contributed by atoms with Crippen molar-refractivity contribution in [3.63, 3.8) is 0 Å². The zero-order valence-electron chi connectivity index (χ0n) is 20.1. The first kappa shape index (κ1) is 24.7. The van der Waals surface area contributed by atoms with Gasteiger partial charge in [0, 0.05) is 19.5 Å². The van der Waals surface area contributed by atoms with Gasteiger partial charge < -0.3 is 15.0 Å². The summed E-state index contributed by atoms with van der Waals surface area (Å²) in [4.78, 5) is 27.2. The third-order valence-electron chi connectivity index (χ3n) is 6.10. The maximum Gasteiger partial charge on any atom is 0.261 e. The number of ether oxygens (including phenoxy) is 1. The summed E-state index contributed by atoms with van der Waals surface area (Å²) >= 11 is 0. The number of rotatable bonds is 9. The minimum Gasteiger partial charge on any atom is -0.481 e. The van der Waals surface area contributed by atoms with Crippen LogP contribution in [0, 0.1) is 11.7 Å². The van der Waals surface area contributed by atoms with Crippen molar-refractivity contribution in [1.82, 2.24) is 10.2 Å². The lowest BCUT2D eigenvalue weighted by atomic mass is 9.87. The van der Waals surface area contributed by atoms with Crippen LogP contribution in [0.2, 0.25) is 0 Å². The number of nitrogens with zero attached hydrogens (tertiary/aromatic N) is 1. The highest BCUT2D eigenvalue weighted by Crippen LogP contribution is 2.38. The van der Waals surface area contributed by atoms with Gasteiger partial charge >= 0.3 is 0 Å². The van der Waals surface area contributed by atoms with Gasteiger partial charge in [0.1, 0.15) is 11.6 Å². The Morgan fingerprint density at radius 2 is 1.97 bits per heavy atom. The van der Waals surface area contributed by atoms with Gasteiger partial charge in [0.15, 0.2) is 6.10 Å². The van der Waals surface area contributed by atoms with Gasteiger partial charge in [0.2, 0.25) is 5.91 Å². The summed E-state index contributed by atoms with van der Waals surface area (Å²) in [5, 5.41) is 2.96. The van der Waals surface area contributed by atoms with E-state index in [0.29, 0.717) is 37.6 Å². The highest BCUT2D eigenvalue weighted by molar-refractivity contribution is 5.81. The Morgan fingerprint density at radius 3 is 2.64 bits per heavy atom. The van der Waals surface area contributed by atoms with Crippen LogP contribution >= 0.6 is 0 Å². The van der Waals surface area contributed by atoms with Crippen molar-refractivity contribution in [1.29, 1.82) is 0 Å². The predicted octanol–water partition coefficient (Wildman–Crippen LogP) is 5.03. The molecule has 2 atom stereocenters. The first-order valence-electron chi connectivity index (χ1n) is 12.0. The summed E-state index contributed by atoms with van der Waals surface area (Å²) in [6.45, 7) is 9.20. The lowest BCUT2D eigenvalue weighted by Gasteiger charge is -2.38. The predicted molar refractivity (Wildman–Crippen MR) is 128 cm³/mol. The Kier molecular flexibility index (Phi) is 8.48. The normalized spacial score (nSPS) is 16.3. The van der Waals surface area contributed by atoms with Gasteiger partial charge in [-0.15, -0.1) is 0 Å². The van der Waals surface area contributed by atoms with Gasteiger partial charge in [0.05, 0.1) is 6.04 Å². The summed E-state index contributed by atoms with van der Waals surface area (Å²) in [5.74, 6) is 0.657. The van der Waals surface area contributed by atoms with Crippen molar-refractivity contribution in [3.05, 3.63) is 65.0 Å². The number of hydrogen-bond acceptors (Lipinski definition) is 3. The van der Waals surface area contributed by atoms with Crippen molar-refractivity contribution in [2.45, 2.75) is 65.5 Å². The molecule has 1 heterocycles. The van der Waals surface area contributed by atoms with E-state index in [9.17, 15) is 14.0 Å². The fourth-order valence-corrected chi connectivity index (χ4v) is 4.26. The van der Waals surface area contributed by atoms with E-state index in [0.717, 1.165) is 29.5 Å². The average Bonchev–Trinajstić information content (AvgIpc) is 2.80. The largest absolute Gasteiger partial charge is 0.481 e. The van der Waals surface area contributed by atoms with Crippen LogP contribution < -0.4 is 10.1 Å². The van der Waals surface area contributed by atoms with Crippen LogP contribution in [0.15, 0.2) is 42.5 Å². The highest BCUT2D eigenvalue weighted by atomic mass is 19.1. The molecule has 0 saturated heterocycles. The smallest absolute Gasteiger partial charge is 0.261 e. The highest BCUT2D eigenvalue weighted by Gasteiger charge is 2.32. The van der Waals surface area contributed by atoms with Crippen molar-refractivity contribution in [2.75, 3.05) is 13.1 Å². The molecule has 3 rings (SSSR count). The molecule has 33 heavy (non-hydrogen) atoms. The third kappa shape index (κ3) is 6.12. The van der Waals surface area contributed by atoms with Crippen LogP contribution in [0.4, 0.5) is 4.39 Å². The molecule has 1 aliphatic heterocycles. The second-order valence-electron chi connectivity index (χ2n) is 9.00. The maximum absolute atomic E-state index is 14.1. The number of carbonyl (C=O) groups excluding carboxylic acids is 2. The van der Waals surface area contributed by atoms with E-state index in [4.69, 9.17) is 4.74 Å². The fourth-order valence-electron chi connectivity index (χ4n) is 4.26. The number of halogens is 1. The van der Waals surface area contributed by atoms with Crippen LogP contribution in [0.3, 0.4) is 0 Å². The number of nitrogens with one attached hydrogen (secondary N) is 1. The average molecular weight is 455 g/mol. The van der Waals surface area contributed by atoms with Crippen LogP contribution in [-0.4, -0.2) is 35.9 Å². The molecule has 1 N–H and O–H groups in total. The van der Waals surface area contributed by atoms with Crippen molar-refractivity contribution in [3.8, 4) is 5.75 Å². The molecular weight excluding hydrogens is 419 g/mol. The number of fused-ring (bicyclic) bond motifs is 1. The minimum absolute atomic E-state index is 0.0252. The zero-order chi connectivity index (χ0) is 24.0. The minimum atomic E-state index is -0.597. The van der Waals surface area contributed by atoms with Crippen LogP contribution in [0.5, 0.6) is 5.75 Å². The summed E-state index contributed by atoms with van der Waals surface area (Å²) < 4.78 is 20.2. The van der Waals surface area contributed by atoms with E-state index in [1.54, 1.807) is 6.07 Å². The van der Waals surface area contributed by atoms with Crippen LogP contribution in [0.1, 0.15) is 69.7 Å². The molecule has 0 saturated carbocycles. The summed E-state index contributed by atoms with van der Waals surface area (Å²) in [5.41, 5.74) is 2.75. The molecule has 2 amide bonds. The molecule has 0 unspecified atom stereocenters. The second-order valence-corrected chi connectivity index (χ2v) is 9.00. The van der Waals surface area contributed by atoms with Gasteiger partial charge in [-0.25, -0.2) is 4.39 Å². The molecule has 1 aliphatic rings. The van der Waals surface area contributed by atoms with E-state index in [-0.39, 0.29) is 23.7 Å². The summed E-state index contributed by atoms with van der Waals surface area (Å²) in [6.07, 6.45) is 1.96. The molecule has 0 fully saturated rings. The number of carbonyl (C=O) groups is 2. The van der Waals surface area contributed by atoms with Gasteiger partial charge in [-0.05, 0) is 66.1 Å². The molecular formula is C27H35FN2O3. The topological polar surface area (TPSA) is 58.6 Å². The van der Waals surface area contributed by atoms with Crippen molar-refractivity contribution >= 4 is 11.8 Å². The molecule has 178 valence electrons. The third-order valence-corrected chi connectivity index (χ3v) is 6.10. The molecule has 0 aliphatic carbocycles. The van der Waals surface area contributed by atoms with Gasteiger partial charge in [-0.2, -0.15) is 0 Å².